The molecule has 0 radical (unpaired) electrons. The second-order valence-electron chi connectivity index (χ2n) is 5.93. The minimum atomic E-state index is 0.0377. The molecule has 1 unspecified atom stereocenters. The summed E-state index contributed by atoms with van der Waals surface area (Å²) >= 11 is 0. The normalized spacial score (nSPS) is 17.2. The molecule has 0 spiro atoms. The summed E-state index contributed by atoms with van der Waals surface area (Å²) in [6.45, 7) is 0.765. The molecule has 0 saturated carbocycles. The average Bonchev–Trinajstić information content (AvgIpc) is 3.34. The van der Waals surface area contributed by atoms with Crippen LogP contribution in [-0.2, 0) is 0 Å². The third-order valence-corrected chi connectivity index (χ3v) is 4.46. The SMILES string of the molecule is O=C(c1cccc(-n2cccc2)c1)N1CCCC1c1ccncn1. The molecular weight excluding hydrogens is 300 g/mol. The van der Waals surface area contributed by atoms with Crippen LogP contribution in [0.25, 0.3) is 5.69 Å². The van der Waals surface area contributed by atoms with Crippen molar-refractivity contribution < 1.29 is 4.79 Å². The van der Waals surface area contributed by atoms with Crippen LogP contribution in [0.5, 0.6) is 0 Å². The lowest BCUT2D eigenvalue weighted by Gasteiger charge is -2.24. The van der Waals surface area contributed by atoms with Gasteiger partial charge in [0, 0.05) is 36.4 Å². The average molecular weight is 318 g/mol. The molecule has 5 nitrogen and oxygen atoms in total. The number of hydrogen-bond donors (Lipinski definition) is 0. The highest BCUT2D eigenvalue weighted by Crippen LogP contribution is 2.32. The van der Waals surface area contributed by atoms with E-state index in [1.807, 2.05) is 64.3 Å². The van der Waals surface area contributed by atoms with Gasteiger partial charge >= 0.3 is 0 Å². The molecule has 24 heavy (non-hydrogen) atoms. The molecule has 3 aromatic rings. The highest BCUT2D eigenvalue weighted by molar-refractivity contribution is 5.95. The van der Waals surface area contributed by atoms with Crippen molar-refractivity contribution in [3.8, 4) is 5.69 Å². The zero-order valence-corrected chi connectivity index (χ0v) is 13.2. The summed E-state index contributed by atoms with van der Waals surface area (Å²) < 4.78 is 2.00. The number of rotatable bonds is 3. The Labute approximate surface area is 140 Å². The molecule has 1 aliphatic rings. The monoisotopic (exact) mass is 318 g/mol. The molecule has 3 heterocycles. The van der Waals surface area contributed by atoms with Gasteiger partial charge in [-0.15, -0.1) is 0 Å². The number of likely N-dealkylation sites (tertiary alicyclic amines) is 1. The van der Waals surface area contributed by atoms with Crippen molar-refractivity contribution in [1.82, 2.24) is 19.4 Å². The Balaban J connectivity index is 1.62. The molecule has 120 valence electrons. The van der Waals surface area contributed by atoms with Crippen LogP contribution >= 0.6 is 0 Å². The molecular formula is C19H18N4O. The number of nitrogens with zero attached hydrogens (tertiary/aromatic N) is 4. The van der Waals surface area contributed by atoms with E-state index in [9.17, 15) is 4.79 Å². The van der Waals surface area contributed by atoms with Crippen molar-refractivity contribution in [3.63, 3.8) is 0 Å². The van der Waals surface area contributed by atoms with Crippen LogP contribution in [-0.4, -0.2) is 31.9 Å². The Morgan fingerprint density at radius 1 is 1.12 bits per heavy atom. The largest absolute Gasteiger partial charge is 0.330 e. The van der Waals surface area contributed by atoms with Crippen LogP contribution in [0.1, 0.15) is 34.9 Å². The zero-order valence-electron chi connectivity index (χ0n) is 13.2. The first-order chi connectivity index (χ1) is 11.8. The molecule has 1 fully saturated rings. The molecule has 1 aromatic carbocycles. The van der Waals surface area contributed by atoms with Gasteiger partial charge in [-0.3, -0.25) is 4.79 Å². The number of aromatic nitrogens is 3. The van der Waals surface area contributed by atoms with Crippen LogP contribution in [0, 0.1) is 0 Å². The van der Waals surface area contributed by atoms with Gasteiger partial charge in [0.2, 0.25) is 0 Å². The summed E-state index contributed by atoms with van der Waals surface area (Å²) in [5.74, 6) is 0.0603. The van der Waals surface area contributed by atoms with Crippen molar-refractivity contribution in [2.24, 2.45) is 0 Å². The fourth-order valence-corrected chi connectivity index (χ4v) is 3.29. The molecule has 0 aliphatic carbocycles. The summed E-state index contributed by atoms with van der Waals surface area (Å²) in [6.07, 6.45) is 9.17. The molecule has 0 N–H and O–H groups in total. The van der Waals surface area contributed by atoms with Crippen LogP contribution < -0.4 is 0 Å². The lowest BCUT2D eigenvalue weighted by Crippen LogP contribution is -2.31. The van der Waals surface area contributed by atoms with Gasteiger partial charge in [0.1, 0.15) is 6.33 Å². The lowest BCUT2D eigenvalue weighted by atomic mass is 10.1. The molecule has 1 aliphatic heterocycles. The summed E-state index contributed by atoms with van der Waals surface area (Å²) in [5, 5.41) is 0. The van der Waals surface area contributed by atoms with E-state index >= 15 is 0 Å². The fraction of sp³-hybridized carbons (Fsp3) is 0.211. The van der Waals surface area contributed by atoms with Gasteiger partial charge in [-0.25, -0.2) is 9.97 Å². The maximum Gasteiger partial charge on any atom is 0.254 e. The summed E-state index contributed by atoms with van der Waals surface area (Å²) in [7, 11) is 0. The van der Waals surface area contributed by atoms with Crippen molar-refractivity contribution in [3.05, 3.63) is 78.6 Å². The van der Waals surface area contributed by atoms with Gasteiger partial charge in [-0.2, -0.15) is 0 Å². The van der Waals surface area contributed by atoms with Crippen molar-refractivity contribution in [1.29, 1.82) is 0 Å². The standard InChI is InChI=1S/C19H18N4O/c24-19(15-5-3-6-16(13-15)22-10-1-2-11-22)23-12-4-7-18(23)17-8-9-20-14-21-17/h1-3,5-6,8-11,13-14,18H,4,7,12H2. The summed E-state index contributed by atoms with van der Waals surface area (Å²) in [5.41, 5.74) is 2.61. The van der Waals surface area contributed by atoms with Crippen molar-refractivity contribution >= 4 is 5.91 Å². The van der Waals surface area contributed by atoms with Gasteiger partial charge < -0.3 is 9.47 Å². The van der Waals surface area contributed by atoms with Gasteiger partial charge in [0.25, 0.3) is 5.91 Å². The minimum absolute atomic E-state index is 0.0377. The van der Waals surface area contributed by atoms with E-state index < -0.39 is 0 Å². The van der Waals surface area contributed by atoms with Crippen LogP contribution in [0.3, 0.4) is 0 Å². The first-order valence-electron chi connectivity index (χ1n) is 8.13. The lowest BCUT2D eigenvalue weighted by molar-refractivity contribution is 0.0733. The number of hydrogen-bond acceptors (Lipinski definition) is 3. The van der Waals surface area contributed by atoms with Gasteiger partial charge in [-0.05, 0) is 49.2 Å². The molecule has 1 amide bonds. The second kappa shape index (κ2) is 6.28. The Hall–Kier alpha value is -2.95. The van der Waals surface area contributed by atoms with Gasteiger partial charge in [0.15, 0.2) is 0 Å². The molecule has 2 aromatic heterocycles. The fourth-order valence-electron chi connectivity index (χ4n) is 3.29. The van der Waals surface area contributed by atoms with Gasteiger partial charge in [-0.1, -0.05) is 6.07 Å². The van der Waals surface area contributed by atoms with Crippen molar-refractivity contribution in [2.75, 3.05) is 6.54 Å². The van der Waals surface area contributed by atoms with Gasteiger partial charge in [0.05, 0.1) is 11.7 Å². The Kier molecular flexibility index (Phi) is 3.83. The Morgan fingerprint density at radius 3 is 2.79 bits per heavy atom. The molecule has 4 rings (SSSR count). The zero-order chi connectivity index (χ0) is 16.4. The minimum Gasteiger partial charge on any atom is -0.330 e. The summed E-state index contributed by atoms with van der Waals surface area (Å²) in [4.78, 5) is 23.3. The first-order valence-corrected chi connectivity index (χ1v) is 8.13. The van der Waals surface area contributed by atoms with Crippen LogP contribution in [0.15, 0.2) is 67.4 Å². The summed E-state index contributed by atoms with van der Waals surface area (Å²) in [6, 6.07) is 13.6. The Morgan fingerprint density at radius 2 is 2.00 bits per heavy atom. The van der Waals surface area contributed by atoms with Crippen LogP contribution in [0.4, 0.5) is 0 Å². The van der Waals surface area contributed by atoms with E-state index in [1.165, 1.54) is 0 Å². The molecule has 1 atom stereocenters. The highest BCUT2D eigenvalue weighted by atomic mass is 16.2. The molecule has 1 saturated heterocycles. The van der Waals surface area contributed by atoms with E-state index in [0.29, 0.717) is 5.56 Å². The third-order valence-electron chi connectivity index (χ3n) is 4.46. The number of carbonyl (C=O) groups is 1. The molecule has 5 heteroatoms. The number of carbonyl (C=O) groups excluding carboxylic acids is 1. The van der Waals surface area contributed by atoms with Crippen LogP contribution in [0.2, 0.25) is 0 Å². The number of amides is 1. The van der Waals surface area contributed by atoms with Crippen molar-refractivity contribution in [2.45, 2.75) is 18.9 Å². The highest BCUT2D eigenvalue weighted by Gasteiger charge is 2.31. The van der Waals surface area contributed by atoms with E-state index in [1.54, 1.807) is 12.5 Å². The Bertz CT molecular complexity index is 830. The smallest absolute Gasteiger partial charge is 0.254 e. The predicted molar refractivity (Wildman–Crippen MR) is 90.8 cm³/mol. The molecule has 0 bridgehead atoms. The topological polar surface area (TPSA) is 51.0 Å². The van der Waals surface area contributed by atoms with E-state index in [0.717, 1.165) is 30.8 Å². The maximum absolute atomic E-state index is 13.0. The first kappa shape index (κ1) is 14.6. The van der Waals surface area contributed by atoms with E-state index in [-0.39, 0.29) is 11.9 Å². The second-order valence-corrected chi connectivity index (χ2v) is 5.93. The van der Waals surface area contributed by atoms with E-state index in [4.69, 9.17) is 0 Å². The predicted octanol–water partition coefficient (Wildman–Crippen LogP) is 3.24. The quantitative estimate of drug-likeness (QED) is 0.745. The van der Waals surface area contributed by atoms with E-state index in [2.05, 4.69) is 9.97 Å². The third kappa shape index (κ3) is 2.69. The maximum atomic E-state index is 13.0. The number of benzene rings is 1.